The summed E-state index contributed by atoms with van der Waals surface area (Å²) in [4.78, 5) is 13.0. The summed E-state index contributed by atoms with van der Waals surface area (Å²) in [5, 5.41) is 0. The highest BCUT2D eigenvalue weighted by Crippen LogP contribution is 2.17. The highest BCUT2D eigenvalue weighted by atomic mass is 16.5. The maximum absolute atomic E-state index is 11.1. The molecule has 1 atom stereocenters. The second-order valence-corrected chi connectivity index (χ2v) is 2.60. The van der Waals surface area contributed by atoms with Crippen molar-refractivity contribution in [3.05, 3.63) is 12.8 Å². The summed E-state index contributed by atoms with van der Waals surface area (Å²) in [6.45, 7) is 4.55. The van der Waals surface area contributed by atoms with E-state index in [1.807, 2.05) is 4.90 Å². The average molecular weight is 155 g/mol. The van der Waals surface area contributed by atoms with E-state index in [0.717, 1.165) is 19.4 Å². The van der Waals surface area contributed by atoms with Crippen LogP contribution in [0, 0.1) is 0 Å². The predicted octanol–water partition coefficient (Wildman–Crippen LogP) is 0.767. The van der Waals surface area contributed by atoms with Crippen LogP contribution in [0.15, 0.2) is 12.8 Å². The number of hydrogen-bond donors (Lipinski definition) is 0. The Kier molecular flexibility index (Phi) is 2.52. The lowest BCUT2D eigenvalue weighted by atomic mass is 10.2. The molecule has 0 aromatic carbocycles. The first-order valence-electron chi connectivity index (χ1n) is 3.75. The van der Waals surface area contributed by atoms with E-state index in [1.165, 1.54) is 7.11 Å². The molecule has 1 rings (SSSR count). The first-order valence-corrected chi connectivity index (χ1v) is 3.75. The fourth-order valence-electron chi connectivity index (χ4n) is 1.40. The molecular weight excluding hydrogens is 142 g/mol. The van der Waals surface area contributed by atoms with Gasteiger partial charge in [-0.2, -0.15) is 0 Å². The van der Waals surface area contributed by atoms with Gasteiger partial charge < -0.3 is 9.64 Å². The standard InChI is InChI=1S/C8H13NO2/c1-3-9-6-4-5-7(9)8(10)11-2/h3,7H,1,4-6H2,2H3/t7-/m0/s1. The number of methoxy groups -OCH3 is 1. The van der Waals surface area contributed by atoms with Crippen LogP contribution < -0.4 is 0 Å². The first-order chi connectivity index (χ1) is 5.29. The summed E-state index contributed by atoms with van der Waals surface area (Å²) in [6.07, 6.45) is 3.64. The summed E-state index contributed by atoms with van der Waals surface area (Å²) < 4.78 is 4.64. The Labute approximate surface area is 66.6 Å². The van der Waals surface area contributed by atoms with Gasteiger partial charge in [0.05, 0.1) is 7.11 Å². The van der Waals surface area contributed by atoms with Crippen molar-refractivity contribution in [2.75, 3.05) is 13.7 Å². The predicted molar refractivity (Wildman–Crippen MR) is 41.9 cm³/mol. The van der Waals surface area contributed by atoms with Crippen LogP contribution >= 0.6 is 0 Å². The average Bonchev–Trinajstić information content (AvgIpc) is 2.50. The minimum atomic E-state index is -0.151. The van der Waals surface area contributed by atoms with Crippen molar-refractivity contribution >= 4 is 5.97 Å². The van der Waals surface area contributed by atoms with Crippen LogP contribution in [0.1, 0.15) is 12.8 Å². The van der Waals surface area contributed by atoms with Crippen LogP contribution in [0.25, 0.3) is 0 Å². The fourth-order valence-corrected chi connectivity index (χ4v) is 1.40. The molecule has 0 saturated carbocycles. The van der Waals surface area contributed by atoms with Crippen molar-refractivity contribution in [2.45, 2.75) is 18.9 Å². The van der Waals surface area contributed by atoms with Crippen LogP contribution in [0.4, 0.5) is 0 Å². The van der Waals surface area contributed by atoms with Gasteiger partial charge in [-0.3, -0.25) is 0 Å². The van der Waals surface area contributed by atoms with E-state index >= 15 is 0 Å². The minimum Gasteiger partial charge on any atom is -0.467 e. The molecule has 3 nitrogen and oxygen atoms in total. The zero-order chi connectivity index (χ0) is 8.27. The number of likely N-dealkylation sites (tertiary alicyclic amines) is 1. The summed E-state index contributed by atoms with van der Waals surface area (Å²) in [5.41, 5.74) is 0. The third kappa shape index (κ3) is 1.53. The van der Waals surface area contributed by atoms with E-state index in [1.54, 1.807) is 6.20 Å². The second kappa shape index (κ2) is 3.42. The number of hydrogen-bond acceptors (Lipinski definition) is 3. The second-order valence-electron chi connectivity index (χ2n) is 2.60. The summed E-state index contributed by atoms with van der Waals surface area (Å²) in [5.74, 6) is -0.151. The van der Waals surface area contributed by atoms with Crippen molar-refractivity contribution in [3.8, 4) is 0 Å². The van der Waals surface area contributed by atoms with Gasteiger partial charge in [-0.05, 0) is 19.0 Å². The van der Waals surface area contributed by atoms with Gasteiger partial charge in [-0.1, -0.05) is 6.58 Å². The van der Waals surface area contributed by atoms with Gasteiger partial charge in [0.2, 0.25) is 0 Å². The van der Waals surface area contributed by atoms with Crippen molar-refractivity contribution in [2.24, 2.45) is 0 Å². The number of ether oxygens (including phenoxy) is 1. The van der Waals surface area contributed by atoms with Gasteiger partial charge >= 0.3 is 5.97 Å². The van der Waals surface area contributed by atoms with Crippen molar-refractivity contribution in [1.82, 2.24) is 4.90 Å². The summed E-state index contributed by atoms with van der Waals surface area (Å²) in [7, 11) is 1.42. The molecule has 0 unspecified atom stereocenters. The number of esters is 1. The Bertz CT molecular complexity index is 167. The third-order valence-corrected chi connectivity index (χ3v) is 2.00. The zero-order valence-electron chi connectivity index (χ0n) is 6.75. The Morgan fingerprint density at radius 2 is 2.55 bits per heavy atom. The van der Waals surface area contributed by atoms with E-state index in [0.29, 0.717) is 0 Å². The topological polar surface area (TPSA) is 29.5 Å². The lowest BCUT2D eigenvalue weighted by molar-refractivity contribution is -0.144. The SMILES string of the molecule is C=CN1CCC[C@H]1C(=O)OC. The number of carbonyl (C=O) groups is 1. The summed E-state index contributed by atoms with van der Waals surface area (Å²) >= 11 is 0. The molecule has 0 aromatic heterocycles. The van der Waals surface area contributed by atoms with Crippen LogP contribution in [0.5, 0.6) is 0 Å². The van der Waals surface area contributed by atoms with Crippen LogP contribution in [-0.2, 0) is 9.53 Å². The number of carbonyl (C=O) groups excluding carboxylic acids is 1. The summed E-state index contributed by atoms with van der Waals surface area (Å²) in [6, 6.07) is -0.0856. The molecule has 1 aliphatic heterocycles. The Balaban J connectivity index is 2.56. The molecule has 1 heterocycles. The first kappa shape index (κ1) is 8.11. The van der Waals surface area contributed by atoms with E-state index in [-0.39, 0.29) is 12.0 Å². The number of rotatable bonds is 2. The Morgan fingerprint density at radius 1 is 1.82 bits per heavy atom. The van der Waals surface area contributed by atoms with Gasteiger partial charge in [-0.25, -0.2) is 4.79 Å². The number of nitrogens with zero attached hydrogens (tertiary/aromatic N) is 1. The molecule has 0 spiro atoms. The van der Waals surface area contributed by atoms with Gasteiger partial charge in [0.1, 0.15) is 6.04 Å². The maximum atomic E-state index is 11.1. The molecule has 0 radical (unpaired) electrons. The van der Waals surface area contributed by atoms with Crippen LogP contribution in [-0.4, -0.2) is 30.6 Å². The van der Waals surface area contributed by atoms with Crippen molar-refractivity contribution in [3.63, 3.8) is 0 Å². The smallest absolute Gasteiger partial charge is 0.328 e. The van der Waals surface area contributed by atoms with E-state index in [4.69, 9.17) is 0 Å². The molecule has 0 amide bonds. The lowest BCUT2D eigenvalue weighted by Gasteiger charge is -2.19. The third-order valence-electron chi connectivity index (χ3n) is 2.00. The molecule has 1 saturated heterocycles. The van der Waals surface area contributed by atoms with Crippen molar-refractivity contribution in [1.29, 1.82) is 0 Å². The molecule has 1 aliphatic rings. The highest BCUT2D eigenvalue weighted by Gasteiger charge is 2.28. The van der Waals surface area contributed by atoms with Crippen LogP contribution in [0.2, 0.25) is 0 Å². The molecule has 11 heavy (non-hydrogen) atoms. The maximum Gasteiger partial charge on any atom is 0.328 e. The highest BCUT2D eigenvalue weighted by molar-refractivity contribution is 5.76. The monoisotopic (exact) mass is 155 g/mol. The molecule has 0 N–H and O–H groups in total. The van der Waals surface area contributed by atoms with Gasteiger partial charge in [0, 0.05) is 6.54 Å². The Morgan fingerprint density at radius 3 is 3.09 bits per heavy atom. The fraction of sp³-hybridized carbons (Fsp3) is 0.625. The van der Waals surface area contributed by atoms with Crippen LogP contribution in [0.3, 0.4) is 0 Å². The molecule has 1 fully saturated rings. The molecule has 0 bridgehead atoms. The van der Waals surface area contributed by atoms with Gasteiger partial charge in [0.15, 0.2) is 0 Å². The van der Waals surface area contributed by atoms with Gasteiger partial charge in [-0.15, -0.1) is 0 Å². The molecule has 3 heteroatoms. The van der Waals surface area contributed by atoms with Gasteiger partial charge in [0.25, 0.3) is 0 Å². The quantitative estimate of drug-likeness (QED) is 0.551. The zero-order valence-corrected chi connectivity index (χ0v) is 6.75. The molecular formula is C8H13NO2. The lowest BCUT2D eigenvalue weighted by Crippen LogP contribution is -2.32. The largest absolute Gasteiger partial charge is 0.467 e. The molecule has 62 valence electrons. The Hall–Kier alpha value is -0.990. The normalized spacial score (nSPS) is 23.4. The molecule has 0 aliphatic carbocycles. The van der Waals surface area contributed by atoms with E-state index < -0.39 is 0 Å². The minimum absolute atomic E-state index is 0.0856. The molecule has 0 aromatic rings. The van der Waals surface area contributed by atoms with E-state index in [9.17, 15) is 4.79 Å². The van der Waals surface area contributed by atoms with Crippen molar-refractivity contribution < 1.29 is 9.53 Å². The van der Waals surface area contributed by atoms with E-state index in [2.05, 4.69) is 11.3 Å².